The van der Waals surface area contributed by atoms with Gasteiger partial charge in [0.25, 0.3) is 0 Å². The lowest BCUT2D eigenvalue weighted by molar-refractivity contribution is 0.104. The molecule has 0 aliphatic heterocycles. The van der Waals surface area contributed by atoms with Crippen LogP contribution in [0.4, 0.5) is 4.79 Å². The Kier molecular flexibility index (Phi) is 4.07. The summed E-state index contributed by atoms with van der Waals surface area (Å²) < 4.78 is 0. The lowest BCUT2D eigenvalue weighted by Gasteiger charge is -2.36. The Hall–Kier alpha value is -2.73. The number of rotatable bonds is 4. The number of benzene rings is 2. The van der Waals surface area contributed by atoms with Gasteiger partial charge in [-0.05, 0) is 35.6 Å². The molecule has 1 aliphatic carbocycles. The number of nitrogens with zero attached hydrogens (tertiary/aromatic N) is 1. The number of amides is 1. The molecule has 0 saturated carbocycles. The summed E-state index contributed by atoms with van der Waals surface area (Å²) in [7, 11) is 0. The van der Waals surface area contributed by atoms with E-state index >= 15 is 0 Å². The number of hydrogen-bond acceptors (Lipinski definition) is 1. The molecule has 1 N–H and O–H groups in total. The molecule has 3 rings (SSSR count). The van der Waals surface area contributed by atoms with Crippen LogP contribution in [0.5, 0.6) is 0 Å². The summed E-state index contributed by atoms with van der Waals surface area (Å²) in [6.07, 6.45) is 5.27. The van der Waals surface area contributed by atoms with Gasteiger partial charge in [-0.2, -0.15) is 0 Å². The van der Waals surface area contributed by atoms with E-state index in [0.717, 1.165) is 0 Å². The second kappa shape index (κ2) is 6.05. The monoisotopic (exact) mass is 319 g/mol. The molecule has 1 aliphatic rings. The second-order valence-electron chi connectivity index (χ2n) is 6.39. The molecule has 0 bridgehead atoms. The lowest BCUT2D eigenvalue weighted by Crippen LogP contribution is -2.49. The minimum absolute atomic E-state index is 0.00715. The largest absolute Gasteiger partial charge is 0.465 e. The van der Waals surface area contributed by atoms with Crippen molar-refractivity contribution in [2.75, 3.05) is 6.54 Å². The molecule has 0 aromatic heterocycles. The van der Waals surface area contributed by atoms with Crippen molar-refractivity contribution in [3.05, 3.63) is 59.7 Å². The second-order valence-corrected chi connectivity index (χ2v) is 6.39. The highest BCUT2D eigenvalue weighted by Gasteiger charge is 2.37. The first-order valence-electron chi connectivity index (χ1n) is 8.18. The third-order valence-electron chi connectivity index (χ3n) is 5.15. The average Bonchev–Trinajstić information content (AvgIpc) is 2.93. The maximum atomic E-state index is 11.9. The number of carbonyl (C=O) groups is 1. The molecule has 1 unspecified atom stereocenters. The molecular formula is C21H21NO2. The quantitative estimate of drug-likeness (QED) is 0.838. The normalized spacial score (nSPS) is 15.0. The molecule has 0 radical (unpaired) electrons. The SMILES string of the molecule is C#CC(C)(CC)N(CC1c2ccccc2-c2ccccc21)C(=O)O. The van der Waals surface area contributed by atoms with Gasteiger partial charge in [-0.25, -0.2) is 4.79 Å². The zero-order valence-corrected chi connectivity index (χ0v) is 14.0. The van der Waals surface area contributed by atoms with E-state index in [-0.39, 0.29) is 5.92 Å². The summed E-state index contributed by atoms with van der Waals surface area (Å²) in [6.45, 7) is 4.10. The van der Waals surface area contributed by atoms with Crippen LogP contribution in [0.3, 0.4) is 0 Å². The fourth-order valence-corrected chi connectivity index (χ4v) is 3.50. The maximum Gasteiger partial charge on any atom is 0.408 e. The average molecular weight is 319 g/mol. The Morgan fingerprint density at radius 3 is 2.08 bits per heavy atom. The van der Waals surface area contributed by atoms with E-state index in [9.17, 15) is 9.90 Å². The van der Waals surface area contributed by atoms with E-state index in [1.165, 1.54) is 27.2 Å². The van der Waals surface area contributed by atoms with Crippen LogP contribution < -0.4 is 0 Å². The van der Waals surface area contributed by atoms with Crippen LogP contribution in [-0.4, -0.2) is 28.2 Å². The number of terminal acetylenes is 1. The summed E-state index contributed by atoms with van der Waals surface area (Å²) in [5, 5.41) is 9.76. The number of hydrogen-bond donors (Lipinski definition) is 1. The lowest BCUT2D eigenvalue weighted by atomic mass is 9.92. The van der Waals surface area contributed by atoms with E-state index in [2.05, 4.69) is 30.2 Å². The molecule has 0 heterocycles. The van der Waals surface area contributed by atoms with Crippen molar-refractivity contribution in [1.29, 1.82) is 0 Å². The van der Waals surface area contributed by atoms with Gasteiger partial charge in [0.05, 0.1) is 0 Å². The number of fused-ring (bicyclic) bond motifs is 3. The maximum absolute atomic E-state index is 11.9. The highest BCUT2D eigenvalue weighted by atomic mass is 16.4. The molecule has 2 aromatic rings. The molecule has 122 valence electrons. The Balaban J connectivity index is 2.06. The summed E-state index contributed by atoms with van der Waals surface area (Å²) in [5.41, 5.74) is 3.89. The molecule has 0 saturated heterocycles. The highest BCUT2D eigenvalue weighted by Crippen LogP contribution is 2.45. The van der Waals surface area contributed by atoms with E-state index in [0.29, 0.717) is 13.0 Å². The van der Waals surface area contributed by atoms with Crippen LogP contribution in [0.1, 0.15) is 37.3 Å². The van der Waals surface area contributed by atoms with Crippen LogP contribution in [0.15, 0.2) is 48.5 Å². The molecule has 0 spiro atoms. The van der Waals surface area contributed by atoms with Crippen molar-refractivity contribution in [3.8, 4) is 23.5 Å². The predicted octanol–water partition coefficient (Wildman–Crippen LogP) is 4.58. The van der Waals surface area contributed by atoms with Gasteiger partial charge in [0, 0.05) is 12.5 Å². The molecule has 1 amide bonds. The first-order chi connectivity index (χ1) is 11.5. The van der Waals surface area contributed by atoms with Crippen LogP contribution in [0.2, 0.25) is 0 Å². The van der Waals surface area contributed by atoms with Crippen LogP contribution in [0.25, 0.3) is 11.1 Å². The smallest absolute Gasteiger partial charge is 0.408 e. The van der Waals surface area contributed by atoms with Gasteiger partial charge >= 0.3 is 6.09 Å². The molecular weight excluding hydrogens is 298 g/mol. The van der Waals surface area contributed by atoms with E-state index in [1.807, 2.05) is 38.1 Å². The van der Waals surface area contributed by atoms with Gasteiger partial charge in [-0.15, -0.1) is 6.42 Å². The van der Waals surface area contributed by atoms with E-state index < -0.39 is 11.6 Å². The molecule has 24 heavy (non-hydrogen) atoms. The predicted molar refractivity (Wildman–Crippen MR) is 96.0 cm³/mol. The fraction of sp³-hybridized carbons (Fsp3) is 0.286. The summed E-state index contributed by atoms with van der Waals surface area (Å²) in [6, 6.07) is 16.4. The van der Waals surface area contributed by atoms with Crippen molar-refractivity contribution in [2.45, 2.75) is 31.7 Å². The summed E-state index contributed by atoms with van der Waals surface area (Å²) >= 11 is 0. The van der Waals surface area contributed by atoms with Crippen molar-refractivity contribution < 1.29 is 9.90 Å². The molecule has 2 aromatic carbocycles. The van der Waals surface area contributed by atoms with Crippen molar-refractivity contribution in [1.82, 2.24) is 4.90 Å². The van der Waals surface area contributed by atoms with Gasteiger partial charge in [-0.1, -0.05) is 61.4 Å². The van der Waals surface area contributed by atoms with Crippen LogP contribution in [-0.2, 0) is 0 Å². The van der Waals surface area contributed by atoms with Crippen molar-refractivity contribution in [3.63, 3.8) is 0 Å². The zero-order chi connectivity index (χ0) is 17.3. The first-order valence-corrected chi connectivity index (χ1v) is 8.18. The van der Waals surface area contributed by atoms with Crippen LogP contribution >= 0.6 is 0 Å². The number of carboxylic acid groups (broad SMARTS) is 1. The van der Waals surface area contributed by atoms with Gasteiger partial charge in [0.15, 0.2) is 0 Å². The van der Waals surface area contributed by atoms with Gasteiger partial charge in [0.1, 0.15) is 5.54 Å². The van der Waals surface area contributed by atoms with Crippen molar-refractivity contribution in [2.24, 2.45) is 0 Å². The molecule has 0 fully saturated rings. The minimum Gasteiger partial charge on any atom is -0.465 e. The minimum atomic E-state index is -0.973. The topological polar surface area (TPSA) is 40.5 Å². The van der Waals surface area contributed by atoms with E-state index in [1.54, 1.807) is 0 Å². The summed E-state index contributed by atoms with van der Waals surface area (Å²) in [4.78, 5) is 13.3. The molecule has 1 atom stereocenters. The Morgan fingerprint density at radius 2 is 1.67 bits per heavy atom. The third-order valence-corrected chi connectivity index (χ3v) is 5.15. The third kappa shape index (κ3) is 2.45. The van der Waals surface area contributed by atoms with Crippen molar-refractivity contribution >= 4 is 6.09 Å². The molecule has 3 heteroatoms. The van der Waals surface area contributed by atoms with Gasteiger partial charge in [0.2, 0.25) is 0 Å². The fourth-order valence-electron chi connectivity index (χ4n) is 3.50. The highest BCUT2D eigenvalue weighted by molar-refractivity contribution is 5.79. The standard InChI is InChI=1S/C21H21NO2/c1-4-21(3,5-2)22(20(23)24)14-19-17-12-8-6-10-15(17)16-11-7-9-13-18(16)19/h1,6-13,19H,5,14H2,2-3H3,(H,23,24). The Morgan fingerprint density at radius 1 is 1.17 bits per heavy atom. The van der Waals surface area contributed by atoms with Gasteiger partial charge < -0.3 is 5.11 Å². The van der Waals surface area contributed by atoms with Gasteiger partial charge in [-0.3, -0.25) is 4.90 Å². The first kappa shape index (κ1) is 16.1. The molecule has 3 nitrogen and oxygen atoms in total. The Bertz CT molecular complexity index is 775. The van der Waals surface area contributed by atoms with E-state index in [4.69, 9.17) is 6.42 Å². The summed E-state index contributed by atoms with van der Waals surface area (Å²) in [5.74, 6) is 2.68. The van der Waals surface area contributed by atoms with Crippen LogP contribution in [0, 0.1) is 12.3 Å². The Labute approximate surface area is 142 Å². The zero-order valence-electron chi connectivity index (χ0n) is 14.0.